The van der Waals surface area contributed by atoms with Gasteiger partial charge in [0.2, 0.25) is 5.03 Å². The zero-order valence-electron chi connectivity index (χ0n) is 12.4. The molecular weight excluding hydrogens is 356 g/mol. The fourth-order valence-electron chi connectivity index (χ4n) is 1.16. The second kappa shape index (κ2) is 6.35. The van der Waals surface area contributed by atoms with Crippen molar-refractivity contribution in [2.45, 2.75) is 30.5 Å². The van der Waals surface area contributed by atoms with Crippen LogP contribution in [0.25, 0.3) is 0 Å². The number of hydrogen-bond donors (Lipinski definition) is 1. The number of hydrogen-bond acceptors (Lipinski definition) is 7. The molecule has 0 saturated carbocycles. The van der Waals surface area contributed by atoms with Gasteiger partial charge in [0.05, 0.1) is 10.9 Å². The summed E-state index contributed by atoms with van der Waals surface area (Å²) in [5, 5.41) is 1.76. The number of halogens is 2. The molecule has 130 valence electrons. The van der Waals surface area contributed by atoms with Crippen molar-refractivity contribution in [1.82, 2.24) is 4.98 Å². The maximum atomic E-state index is 13.4. The lowest BCUT2D eigenvalue weighted by Gasteiger charge is -2.18. The molecule has 0 aliphatic rings. The van der Waals surface area contributed by atoms with E-state index in [9.17, 15) is 25.6 Å². The highest BCUT2D eigenvalue weighted by Gasteiger charge is 2.30. The van der Waals surface area contributed by atoms with Gasteiger partial charge < -0.3 is 5.73 Å². The molecule has 23 heavy (non-hydrogen) atoms. The SMILES string of the molecule is CC(C)(C)S(=O)(=O)CC(N)=NOS(=O)(=O)c1ncc(F)cc1F. The smallest absolute Gasteiger partial charge is 0.379 e. The molecule has 0 unspecified atom stereocenters. The van der Waals surface area contributed by atoms with Crippen molar-refractivity contribution >= 4 is 25.8 Å². The summed E-state index contributed by atoms with van der Waals surface area (Å²) in [6.07, 6.45) is 0.469. The largest absolute Gasteiger partial charge is 0.384 e. The van der Waals surface area contributed by atoms with Gasteiger partial charge in [-0.25, -0.2) is 22.2 Å². The average molecular weight is 371 g/mol. The number of rotatable bonds is 5. The second-order valence-corrected chi connectivity index (χ2v) is 9.61. The molecule has 1 aromatic rings. The molecule has 0 aromatic carbocycles. The first kappa shape index (κ1) is 19.2. The first-order valence-corrected chi connectivity index (χ1v) is 9.11. The fourth-order valence-corrected chi connectivity index (χ4v) is 2.77. The first-order chi connectivity index (χ1) is 10.3. The van der Waals surface area contributed by atoms with Crippen molar-refractivity contribution in [3.05, 3.63) is 23.9 Å². The van der Waals surface area contributed by atoms with E-state index in [0.717, 1.165) is 0 Å². The molecule has 2 N–H and O–H groups in total. The van der Waals surface area contributed by atoms with Crippen LogP contribution in [0.4, 0.5) is 8.78 Å². The molecule has 0 spiro atoms. The third kappa shape index (κ3) is 4.82. The first-order valence-electron chi connectivity index (χ1n) is 6.05. The minimum absolute atomic E-state index is 0.292. The van der Waals surface area contributed by atoms with Crippen molar-refractivity contribution in [3.8, 4) is 0 Å². The monoisotopic (exact) mass is 371 g/mol. The van der Waals surface area contributed by atoms with E-state index >= 15 is 0 Å². The maximum absolute atomic E-state index is 13.4. The minimum atomic E-state index is -4.81. The average Bonchev–Trinajstić information content (AvgIpc) is 2.34. The van der Waals surface area contributed by atoms with E-state index in [2.05, 4.69) is 14.4 Å². The number of nitrogens with two attached hydrogens (primary N) is 1. The van der Waals surface area contributed by atoms with Crippen molar-refractivity contribution in [2.24, 2.45) is 10.9 Å². The van der Waals surface area contributed by atoms with Gasteiger partial charge in [-0.3, -0.25) is 4.28 Å². The Hall–Kier alpha value is -1.82. The van der Waals surface area contributed by atoms with Gasteiger partial charge in [-0.2, -0.15) is 8.42 Å². The van der Waals surface area contributed by atoms with E-state index in [-0.39, 0.29) is 0 Å². The predicted octanol–water partition coefficient (Wildman–Crippen LogP) is 0.551. The van der Waals surface area contributed by atoms with Crippen LogP contribution in [0.3, 0.4) is 0 Å². The van der Waals surface area contributed by atoms with Gasteiger partial charge in [0.1, 0.15) is 11.6 Å². The predicted molar refractivity (Wildman–Crippen MR) is 77.6 cm³/mol. The molecule has 12 heteroatoms. The van der Waals surface area contributed by atoms with Gasteiger partial charge in [-0.1, -0.05) is 5.16 Å². The number of nitrogens with zero attached hydrogens (tertiary/aromatic N) is 2. The van der Waals surface area contributed by atoms with Gasteiger partial charge in [-0.15, -0.1) is 0 Å². The Morgan fingerprint density at radius 1 is 1.30 bits per heavy atom. The Morgan fingerprint density at radius 2 is 1.87 bits per heavy atom. The molecule has 1 aromatic heterocycles. The van der Waals surface area contributed by atoms with Crippen LogP contribution in [0, 0.1) is 11.6 Å². The lowest BCUT2D eigenvalue weighted by molar-refractivity contribution is 0.332. The minimum Gasteiger partial charge on any atom is -0.384 e. The Balaban J connectivity index is 2.99. The van der Waals surface area contributed by atoms with Crippen LogP contribution in [0.1, 0.15) is 20.8 Å². The summed E-state index contributed by atoms with van der Waals surface area (Å²) >= 11 is 0. The summed E-state index contributed by atoms with van der Waals surface area (Å²) in [5.41, 5.74) is 5.31. The summed E-state index contributed by atoms with van der Waals surface area (Å²) in [6.45, 7) is 4.26. The molecule has 0 bridgehead atoms. The Kier molecular flexibility index (Phi) is 5.31. The van der Waals surface area contributed by atoms with Gasteiger partial charge in [0.15, 0.2) is 21.5 Å². The lowest BCUT2D eigenvalue weighted by Crippen LogP contribution is -2.36. The number of aromatic nitrogens is 1. The molecule has 0 saturated heterocycles. The van der Waals surface area contributed by atoms with Crippen LogP contribution in [-0.4, -0.2) is 38.2 Å². The van der Waals surface area contributed by atoms with E-state index < -0.39 is 53.0 Å². The van der Waals surface area contributed by atoms with Crippen LogP contribution in [0.15, 0.2) is 22.4 Å². The highest BCUT2D eigenvalue weighted by atomic mass is 32.2. The molecule has 8 nitrogen and oxygen atoms in total. The molecule has 0 fully saturated rings. The second-order valence-electron chi connectivity index (χ2n) is 5.42. The zero-order valence-corrected chi connectivity index (χ0v) is 14.1. The van der Waals surface area contributed by atoms with Crippen LogP contribution in [0.5, 0.6) is 0 Å². The topological polar surface area (TPSA) is 129 Å². The van der Waals surface area contributed by atoms with Gasteiger partial charge in [-0.05, 0) is 20.8 Å². The third-order valence-electron chi connectivity index (χ3n) is 2.53. The van der Waals surface area contributed by atoms with Crippen molar-refractivity contribution in [2.75, 3.05) is 5.75 Å². The van der Waals surface area contributed by atoms with E-state index in [1.807, 2.05) is 0 Å². The summed E-state index contributed by atoms with van der Waals surface area (Å²) in [6, 6.07) is 0.292. The standard InChI is InChI=1S/C11H15F2N3O5S2/c1-11(2,3)22(17,18)6-9(14)16-21-23(19,20)10-8(13)4-7(12)5-15-10/h4-5H,6H2,1-3H3,(H2,14,16). The normalized spacial score (nSPS) is 13.9. The van der Waals surface area contributed by atoms with E-state index in [1.54, 1.807) is 0 Å². The van der Waals surface area contributed by atoms with Crippen LogP contribution >= 0.6 is 0 Å². The summed E-state index contributed by atoms with van der Waals surface area (Å²) in [5.74, 6) is -3.97. The molecule has 0 aliphatic carbocycles. The highest BCUT2D eigenvalue weighted by Crippen LogP contribution is 2.17. The lowest BCUT2D eigenvalue weighted by atomic mass is 10.3. The Morgan fingerprint density at radius 3 is 2.35 bits per heavy atom. The summed E-state index contributed by atoms with van der Waals surface area (Å²) < 4.78 is 76.1. The number of amidine groups is 1. The molecule has 0 aliphatic heterocycles. The molecule has 0 amide bonds. The number of pyridine rings is 1. The summed E-state index contributed by atoms with van der Waals surface area (Å²) in [4.78, 5) is 3.05. The maximum Gasteiger partial charge on any atom is 0.379 e. The molecule has 0 atom stereocenters. The molecular formula is C11H15F2N3O5S2. The molecule has 1 rings (SSSR count). The number of oxime groups is 1. The van der Waals surface area contributed by atoms with Crippen molar-refractivity contribution < 1.29 is 29.9 Å². The van der Waals surface area contributed by atoms with E-state index in [4.69, 9.17) is 5.73 Å². The highest BCUT2D eigenvalue weighted by molar-refractivity contribution is 7.93. The van der Waals surface area contributed by atoms with E-state index in [0.29, 0.717) is 12.3 Å². The van der Waals surface area contributed by atoms with Crippen molar-refractivity contribution in [1.29, 1.82) is 0 Å². The number of sulfone groups is 1. The third-order valence-corrected chi connectivity index (χ3v) is 6.12. The van der Waals surface area contributed by atoms with Gasteiger partial charge in [0.25, 0.3) is 0 Å². The van der Waals surface area contributed by atoms with E-state index in [1.165, 1.54) is 20.8 Å². The van der Waals surface area contributed by atoms with Gasteiger partial charge in [0, 0.05) is 6.07 Å². The quantitative estimate of drug-likeness (QED) is 0.454. The summed E-state index contributed by atoms with van der Waals surface area (Å²) in [7, 11) is -8.52. The van der Waals surface area contributed by atoms with Crippen LogP contribution in [0.2, 0.25) is 0 Å². The van der Waals surface area contributed by atoms with Crippen molar-refractivity contribution in [3.63, 3.8) is 0 Å². The Labute approximate surface area is 132 Å². The van der Waals surface area contributed by atoms with Crippen LogP contribution < -0.4 is 5.73 Å². The zero-order chi connectivity index (χ0) is 18.1. The molecule has 1 heterocycles. The fraction of sp³-hybridized carbons (Fsp3) is 0.455. The van der Waals surface area contributed by atoms with Gasteiger partial charge >= 0.3 is 10.1 Å². The Bertz CT molecular complexity index is 830. The van der Waals surface area contributed by atoms with Crippen LogP contribution in [-0.2, 0) is 24.2 Å². The molecule has 0 radical (unpaired) electrons.